The third-order valence-electron chi connectivity index (χ3n) is 5.83. The van der Waals surface area contributed by atoms with E-state index >= 15 is 0 Å². The summed E-state index contributed by atoms with van der Waals surface area (Å²) in [5.41, 5.74) is 2.95. The van der Waals surface area contributed by atoms with Gasteiger partial charge in [0, 0.05) is 31.0 Å². The number of nitrogens with one attached hydrogen (secondary N) is 1. The molecule has 0 spiro atoms. The number of rotatable bonds is 9. The van der Waals surface area contributed by atoms with Gasteiger partial charge in [0.25, 0.3) is 5.91 Å². The molecule has 1 aliphatic heterocycles. The predicted octanol–water partition coefficient (Wildman–Crippen LogP) is 3.84. The lowest BCUT2D eigenvalue weighted by Gasteiger charge is -2.26. The average molecular weight is 460 g/mol. The molecule has 176 valence electrons. The molecule has 0 radical (unpaired) electrons. The van der Waals surface area contributed by atoms with Crippen molar-refractivity contribution in [1.29, 1.82) is 5.26 Å². The second-order valence-electron chi connectivity index (χ2n) is 8.27. The summed E-state index contributed by atoms with van der Waals surface area (Å²) in [7, 11) is 1.88. The number of anilines is 1. The fourth-order valence-corrected chi connectivity index (χ4v) is 4.01. The van der Waals surface area contributed by atoms with Gasteiger partial charge in [-0.15, -0.1) is 0 Å². The van der Waals surface area contributed by atoms with Gasteiger partial charge < -0.3 is 14.8 Å². The number of piperidine rings is 1. The fourth-order valence-electron chi connectivity index (χ4n) is 4.01. The molecule has 0 atom stereocenters. The molecule has 4 rings (SSSR count). The van der Waals surface area contributed by atoms with Crippen LogP contribution in [0.15, 0.2) is 54.7 Å². The van der Waals surface area contributed by atoms with Crippen molar-refractivity contribution in [2.45, 2.75) is 19.3 Å². The lowest BCUT2D eigenvalue weighted by molar-refractivity contribution is -0.118. The van der Waals surface area contributed by atoms with E-state index in [1.165, 1.54) is 19.3 Å². The van der Waals surface area contributed by atoms with E-state index in [9.17, 15) is 4.79 Å². The summed E-state index contributed by atoms with van der Waals surface area (Å²) in [6, 6.07) is 16.2. The first kappa shape index (κ1) is 23.3. The Morgan fingerprint density at radius 1 is 1.09 bits per heavy atom. The number of benzene rings is 2. The molecule has 2 heterocycles. The lowest BCUT2D eigenvalue weighted by atomic mass is 10.1. The van der Waals surface area contributed by atoms with E-state index in [4.69, 9.17) is 14.7 Å². The number of carbonyl (C=O) groups is 1. The van der Waals surface area contributed by atoms with Crippen LogP contribution in [0.3, 0.4) is 0 Å². The van der Waals surface area contributed by atoms with Gasteiger partial charge in [0.2, 0.25) is 0 Å². The number of hydrogen-bond acceptors (Lipinski definition) is 6. The number of amides is 1. The molecule has 1 aromatic heterocycles. The van der Waals surface area contributed by atoms with Crippen LogP contribution in [0.2, 0.25) is 0 Å². The highest BCUT2D eigenvalue weighted by Gasteiger charge is 2.14. The summed E-state index contributed by atoms with van der Waals surface area (Å²) in [6.07, 6.45) is 5.56. The van der Waals surface area contributed by atoms with Crippen molar-refractivity contribution in [1.82, 2.24) is 14.7 Å². The Morgan fingerprint density at radius 2 is 1.88 bits per heavy atom. The van der Waals surface area contributed by atoms with E-state index in [1.807, 2.05) is 31.3 Å². The number of carbonyl (C=O) groups excluding carboxylic acids is 1. The molecule has 1 N–H and O–H groups in total. The second-order valence-corrected chi connectivity index (χ2v) is 8.27. The predicted molar refractivity (Wildman–Crippen MR) is 130 cm³/mol. The van der Waals surface area contributed by atoms with Crippen LogP contribution >= 0.6 is 0 Å². The molecular weight excluding hydrogens is 430 g/mol. The van der Waals surface area contributed by atoms with Crippen molar-refractivity contribution < 1.29 is 14.3 Å². The molecule has 0 saturated carbocycles. The summed E-state index contributed by atoms with van der Waals surface area (Å²) in [6.45, 7) is 3.63. The molecular formula is C26H29N5O3. The first-order valence-electron chi connectivity index (χ1n) is 11.5. The summed E-state index contributed by atoms with van der Waals surface area (Å²) in [4.78, 5) is 14.9. The largest absolute Gasteiger partial charge is 0.492 e. The molecule has 8 nitrogen and oxygen atoms in total. The number of likely N-dealkylation sites (tertiary alicyclic amines) is 1. The minimum absolute atomic E-state index is 0.138. The third kappa shape index (κ3) is 6.15. The van der Waals surface area contributed by atoms with E-state index in [0.717, 1.165) is 36.6 Å². The molecule has 0 bridgehead atoms. The maximum absolute atomic E-state index is 12.5. The van der Waals surface area contributed by atoms with E-state index in [-0.39, 0.29) is 12.5 Å². The van der Waals surface area contributed by atoms with Crippen molar-refractivity contribution in [2.75, 3.05) is 38.2 Å². The average Bonchev–Trinajstić information content (AvgIpc) is 3.30. The molecule has 1 fully saturated rings. The first-order valence-corrected chi connectivity index (χ1v) is 11.5. The van der Waals surface area contributed by atoms with Crippen molar-refractivity contribution >= 4 is 11.6 Å². The standard InChI is InChI=1S/C26H29N5O3/c1-30-24(11-12-28-30)23-17-21(7-10-25(23)33-16-15-31-13-3-2-4-14-31)29-26(32)19-34-22-8-5-20(18-27)6-9-22/h5-12,17H,2-4,13-16,19H2,1H3,(H,29,32). The second kappa shape index (κ2) is 11.3. The van der Waals surface area contributed by atoms with Crippen molar-refractivity contribution in [3.63, 3.8) is 0 Å². The highest BCUT2D eigenvalue weighted by molar-refractivity contribution is 5.93. The first-order chi connectivity index (χ1) is 16.6. The maximum Gasteiger partial charge on any atom is 0.262 e. The Balaban J connectivity index is 1.40. The quantitative estimate of drug-likeness (QED) is 0.523. The summed E-state index contributed by atoms with van der Waals surface area (Å²) in [5, 5.41) is 16.0. The van der Waals surface area contributed by atoms with Gasteiger partial charge in [0.15, 0.2) is 6.61 Å². The van der Waals surface area contributed by atoms with Crippen LogP contribution in [-0.2, 0) is 11.8 Å². The summed E-state index contributed by atoms with van der Waals surface area (Å²) < 4.78 is 13.5. The molecule has 1 saturated heterocycles. The zero-order valence-corrected chi connectivity index (χ0v) is 19.4. The Labute approximate surface area is 199 Å². The van der Waals surface area contributed by atoms with Gasteiger partial charge in [-0.1, -0.05) is 6.42 Å². The Bertz CT molecular complexity index is 1140. The van der Waals surface area contributed by atoms with Crippen LogP contribution in [-0.4, -0.2) is 53.4 Å². The van der Waals surface area contributed by atoms with Crippen LogP contribution in [0.5, 0.6) is 11.5 Å². The van der Waals surface area contributed by atoms with Crippen molar-refractivity contribution in [2.24, 2.45) is 7.05 Å². The molecule has 3 aromatic rings. The van der Waals surface area contributed by atoms with Crippen LogP contribution in [0.1, 0.15) is 24.8 Å². The van der Waals surface area contributed by atoms with Gasteiger partial charge in [-0.05, 0) is 74.5 Å². The van der Waals surface area contributed by atoms with Crippen molar-refractivity contribution in [3.8, 4) is 28.8 Å². The zero-order chi connectivity index (χ0) is 23.8. The lowest BCUT2D eigenvalue weighted by Crippen LogP contribution is -2.33. The fraction of sp³-hybridized carbons (Fsp3) is 0.346. The number of aromatic nitrogens is 2. The third-order valence-corrected chi connectivity index (χ3v) is 5.83. The Morgan fingerprint density at radius 3 is 2.59 bits per heavy atom. The Hall–Kier alpha value is -3.83. The van der Waals surface area contributed by atoms with Gasteiger partial charge in [-0.2, -0.15) is 10.4 Å². The summed E-state index contributed by atoms with van der Waals surface area (Å²) >= 11 is 0. The molecule has 0 unspecified atom stereocenters. The molecule has 34 heavy (non-hydrogen) atoms. The van der Waals surface area contributed by atoms with Gasteiger partial charge in [0.05, 0.1) is 17.3 Å². The van der Waals surface area contributed by atoms with Crippen LogP contribution in [0.25, 0.3) is 11.3 Å². The maximum atomic E-state index is 12.5. The monoisotopic (exact) mass is 459 g/mol. The van der Waals surface area contributed by atoms with Crippen LogP contribution < -0.4 is 14.8 Å². The minimum Gasteiger partial charge on any atom is -0.492 e. The number of hydrogen-bond donors (Lipinski definition) is 1. The van der Waals surface area contributed by atoms with Gasteiger partial charge >= 0.3 is 0 Å². The van der Waals surface area contributed by atoms with Crippen molar-refractivity contribution in [3.05, 3.63) is 60.3 Å². The van der Waals surface area contributed by atoms with Gasteiger partial charge in [-0.25, -0.2) is 0 Å². The van der Waals surface area contributed by atoms with E-state index in [0.29, 0.717) is 23.6 Å². The summed E-state index contributed by atoms with van der Waals surface area (Å²) in [5.74, 6) is 1.01. The van der Waals surface area contributed by atoms with Crippen LogP contribution in [0, 0.1) is 11.3 Å². The highest BCUT2D eigenvalue weighted by atomic mass is 16.5. The molecule has 8 heteroatoms. The SMILES string of the molecule is Cn1nccc1-c1cc(NC(=O)COc2ccc(C#N)cc2)ccc1OCCN1CCCCC1. The molecule has 1 amide bonds. The molecule has 1 aliphatic rings. The van der Waals surface area contributed by atoms with E-state index in [2.05, 4.69) is 21.4 Å². The number of nitrogens with zero attached hydrogens (tertiary/aromatic N) is 4. The zero-order valence-electron chi connectivity index (χ0n) is 19.4. The number of ether oxygens (including phenoxy) is 2. The van der Waals surface area contributed by atoms with Gasteiger partial charge in [0.1, 0.15) is 18.1 Å². The van der Waals surface area contributed by atoms with E-state index < -0.39 is 0 Å². The minimum atomic E-state index is -0.279. The molecule has 2 aromatic carbocycles. The van der Waals surface area contributed by atoms with Crippen LogP contribution in [0.4, 0.5) is 5.69 Å². The van der Waals surface area contributed by atoms with E-state index in [1.54, 1.807) is 35.1 Å². The highest BCUT2D eigenvalue weighted by Crippen LogP contribution is 2.32. The smallest absolute Gasteiger partial charge is 0.262 e. The normalized spacial score (nSPS) is 13.8. The molecule has 0 aliphatic carbocycles. The van der Waals surface area contributed by atoms with Gasteiger partial charge in [-0.3, -0.25) is 14.4 Å². The Kier molecular flexibility index (Phi) is 7.79. The topological polar surface area (TPSA) is 92.4 Å². The number of nitriles is 1. The number of aryl methyl sites for hydroxylation is 1.